The molecule has 27 heavy (non-hydrogen) atoms. The van der Waals surface area contributed by atoms with Crippen LogP contribution in [0.25, 0.3) is 0 Å². The Morgan fingerprint density at radius 2 is 2.15 bits per heavy atom. The van der Waals surface area contributed by atoms with Gasteiger partial charge in [-0.05, 0) is 49.1 Å². The average molecular weight is 370 g/mol. The number of hydrogen-bond donors (Lipinski definition) is 1. The maximum absolute atomic E-state index is 12.3. The Hall–Kier alpha value is -2.11. The Morgan fingerprint density at radius 1 is 1.30 bits per heavy atom. The summed E-state index contributed by atoms with van der Waals surface area (Å²) < 4.78 is 0. The third-order valence-corrected chi connectivity index (χ3v) is 6.18. The van der Waals surface area contributed by atoms with Crippen LogP contribution in [0, 0.1) is 17.8 Å². The van der Waals surface area contributed by atoms with E-state index in [1.807, 2.05) is 12.1 Å². The zero-order valence-electron chi connectivity index (χ0n) is 16.4. The number of aromatic nitrogens is 1. The van der Waals surface area contributed by atoms with Crippen molar-refractivity contribution in [3.05, 3.63) is 23.9 Å². The monoisotopic (exact) mass is 370 g/mol. The van der Waals surface area contributed by atoms with E-state index in [0.29, 0.717) is 41.8 Å². The first-order valence-corrected chi connectivity index (χ1v) is 10.3. The second-order valence-corrected chi connectivity index (χ2v) is 8.78. The molecular formula is C21H30N4O2. The van der Waals surface area contributed by atoms with Crippen LogP contribution in [0.1, 0.15) is 49.9 Å². The number of fused-ring (bicyclic) bond motifs is 4. The molecule has 3 saturated heterocycles. The molecule has 1 aromatic heterocycles. The zero-order chi connectivity index (χ0) is 19.0. The SMILES string of the molecule is CC(C)CNC(=O)c1ccc(N2C[C@H]3C[C@H](C2)[C@H]2CCCC(=O)N2C3)nc1. The maximum atomic E-state index is 12.3. The number of piperidine rings is 3. The van der Waals surface area contributed by atoms with Crippen LogP contribution in [0.5, 0.6) is 0 Å². The van der Waals surface area contributed by atoms with Crippen molar-refractivity contribution in [1.29, 1.82) is 0 Å². The van der Waals surface area contributed by atoms with Crippen LogP contribution in [-0.2, 0) is 4.79 Å². The first-order valence-electron chi connectivity index (χ1n) is 10.3. The highest BCUT2D eigenvalue weighted by Crippen LogP contribution is 2.38. The van der Waals surface area contributed by atoms with Gasteiger partial charge in [0.25, 0.3) is 5.91 Å². The maximum Gasteiger partial charge on any atom is 0.252 e. The molecule has 1 N–H and O–H groups in total. The molecule has 6 nitrogen and oxygen atoms in total. The molecule has 0 aromatic carbocycles. The number of carbonyl (C=O) groups is 2. The van der Waals surface area contributed by atoms with Gasteiger partial charge < -0.3 is 15.1 Å². The first kappa shape index (κ1) is 18.3. The molecule has 2 bridgehead atoms. The van der Waals surface area contributed by atoms with Gasteiger partial charge >= 0.3 is 0 Å². The fraction of sp³-hybridized carbons (Fsp3) is 0.667. The van der Waals surface area contributed by atoms with Gasteiger partial charge in [0.1, 0.15) is 5.82 Å². The third kappa shape index (κ3) is 3.80. The standard InChI is InChI=1S/C21H30N4O2/c1-14(2)9-23-21(27)16-6-7-19(22-10-16)24-11-15-8-17(13-24)18-4-3-5-20(26)25(18)12-15/h6-7,10,14-15,17-18H,3-5,8-9,11-13H2,1-2H3,(H,23,27)/t15-,17-,18-/m1/s1. The molecule has 3 aliphatic rings. The predicted molar refractivity (Wildman–Crippen MR) is 105 cm³/mol. The zero-order valence-corrected chi connectivity index (χ0v) is 16.4. The van der Waals surface area contributed by atoms with Crippen molar-refractivity contribution in [3.63, 3.8) is 0 Å². The fourth-order valence-corrected chi connectivity index (χ4v) is 4.90. The highest BCUT2D eigenvalue weighted by molar-refractivity contribution is 5.94. The lowest BCUT2D eigenvalue weighted by molar-refractivity contribution is -0.142. The summed E-state index contributed by atoms with van der Waals surface area (Å²) in [4.78, 5) is 33.5. The van der Waals surface area contributed by atoms with E-state index >= 15 is 0 Å². The predicted octanol–water partition coefficient (Wildman–Crippen LogP) is 2.30. The largest absolute Gasteiger partial charge is 0.356 e. The minimum atomic E-state index is -0.0605. The highest BCUT2D eigenvalue weighted by Gasteiger charge is 2.44. The van der Waals surface area contributed by atoms with Crippen molar-refractivity contribution in [2.45, 2.75) is 45.6 Å². The van der Waals surface area contributed by atoms with Gasteiger partial charge in [0.15, 0.2) is 0 Å². The van der Waals surface area contributed by atoms with Crippen LogP contribution in [0.15, 0.2) is 18.3 Å². The van der Waals surface area contributed by atoms with E-state index in [1.165, 1.54) is 6.42 Å². The summed E-state index contributed by atoms with van der Waals surface area (Å²) >= 11 is 0. The molecule has 0 saturated carbocycles. The van der Waals surface area contributed by atoms with Gasteiger partial charge in [0.05, 0.1) is 5.56 Å². The summed E-state index contributed by atoms with van der Waals surface area (Å²) in [5.41, 5.74) is 0.612. The number of hydrogen-bond acceptors (Lipinski definition) is 4. The molecule has 0 spiro atoms. The summed E-state index contributed by atoms with van der Waals surface area (Å²) in [6, 6.07) is 4.25. The minimum absolute atomic E-state index is 0.0605. The van der Waals surface area contributed by atoms with Crippen molar-refractivity contribution in [2.75, 3.05) is 31.1 Å². The quantitative estimate of drug-likeness (QED) is 0.883. The molecule has 2 amide bonds. The molecule has 0 aliphatic carbocycles. The Bertz CT molecular complexity index is 703. The number of amides is 2. The molecule has 1 aromatic rings. The summed E-state index contributed by atoms with van der Waals surface area (Å²) in [6.07, 6.45) is 5.80. The Morgan fingerprint density at radius 3 is 2.89 bits per heavy atom. The molecule has 0 unspecified atom stereocenters. The number of nitrogens with one attached hydrogen (secondary N) is 1. The van der Waals surface area contributed by atoms with Crippen LogP contribution in [0.2, 0.25) is 0 Å². The third-order valence-electron chi connectivity index (χ3n) is 6.18. The molecule has 6 heteroatoms. The summed E-state index contributed by atoms with van der Waals surface area (Å²) in [5, 5.41) is 2.94. The molecular weight excluding hydrogens is 340 g/mol. The van der Waals surface area contributed by atoms with Gasteiger partial charge in [-0.15, -0.1) is 0 Å². The van der Waals surface area contributed by atoms with E-state index < -0.39 is 0 Å². The molecule has 4 heterocycles. The normalized spacial score (nSPS) is 27.5. The van der Waals surface area contributed by atoms with Crippen LogP contribution in [0.4, 0.5) is 5.82 Å². The molecule has 3 aliphatic heterocycles. The van der Waals surface area contributed by atoms with Gasteiger partial charge in [-0.3, -0.25) is 9.59 Å². The van der Waals surface area contributed by atoms with E-state index in [9.17, 15) is 9.59 Å². The van der Waals surface area contributed by atoms with Crippen molar-refractivity contribution >= 4 is 17.6 Å². The molecule has 3 fully saturated rings. The topological polar surface area (TPSA) is 65.5 Å². The Balaban J connectivity index is 1.43. The van der Waals surface area contributed by atoms with Crippen LogP contribution < -0.4 is 10.2 Å². The number of nitrogens with zero attached hydrogens (tertiary/aromatic N) is 3. The number of pyridine rings is 1. The van der Waals surface area contributed by atoms with Gasteiger partial charge in [0, 0.05) is 44.8 Å². The average Bonchev–Trinajstić information content (AvgIpc) is 2.67. The van der Waals surface area contributed by atoms with Gasteiger partial charge in [0.2, 0.25) is 5.91 Å². The van der Waals surface area contributed by atoms with E-state index in [4.69, 9.17) is 0 Å². The van der Waals surface area contributed by atoms with E-state index in [2.05, 4.69) is 33.9 Å². The number of anilines is 1. The Kier molecular flexibility index (Phi) is 5.06. The molecule has 4 rings (SSSR count). The second kappa shape index (κ2) is 7.49. The van der Waals surface area contributed by atoms with Crippen molar-refractivity contribution < 1.29 is 9.59 Å². The smallest absolute Gasteiger partial charge is 0.252 e. The molecule has 146 valence electrons. The van der Waals surface area contributed by atoms with Crippen LogP contribution in [-0.4, -0.2) is 53.9 Å². The van der Waals surface area contributed by atoms with E-state index in [1.54, 1.807) is 6.20 Å². The lowest BCUT2D eigenvalue weighted by atomic mass is 9.76. The van der Waals surface area contributed by atoms with Crippen molar-refractivity contribution in [3.8, 4) is 0 Å². The fourth-order valence-electron chi connectivity index (χ4n) is 4.90. The molecule has 3 atom stereocenters. The number of carbonyl (C=O) groups excluding carboxylic acids is 2. The number of rotatable bonds is 4. The lowest BCUT2D eigenvalue weighted by Crippen LogP contribution is -2.60. The van der Waals surface area contributed by atoms with E-state index in [0.717, 1.165) is 44.7 Å². The minimum Gasteiger partial charge on any atom is -0.356 e. The lowest BCUT2D eigenvalue weighted by Gasteiger charge is -2.52. The van der Waals surface area contributed by atoms with Crippen molar-refractivity contribution in [2.24, 2.45) is 17.8 Å². The van der Waals surface area contributed by atoms with Crippen LogP contribution >= 0.6 is 0 Å². The first-order chi connectivity index (χ1) is 13.0. The molecule has 0 radical (unpaired) electrons. The van der Waals surface area contributed by atoms with E-state index in [-0.39, 0.29) is 5.91 Å². The summed E-state index contributed by atoms with van der Waals surface area (Å²) in [5.74, 6) is 2.73. The van der Waals surface area contributed by atoms with Crippen LogP contribution in [0.3, 0.4) is 0 Å². The highest BCUT2D eigenvalue weighted by atomic mass is 16.2. The summed E-state index contributed by atoms with van der Waals surface area (Å²) in [6.45, 7) is 7.63. The van der Waals surface area contributed by atoms with Gasteiger partial charge in [-0.2, -0.15) is 0 Å². The summed E-state index contributed by atoms with van der Waals surface area (Å²) in [7, 11) is 0. The van der Waals surface area contributed by atoms with Gasteiger partial charge in [-0.25, -0.2) is 4.98 Å². The second-order valence-electron chi connectivity index (χ2n) is 8.78. The van der Waals surface area contributed by atoms with Crippen molar-refractivity contribution in [1.82, 2.24) is 15.2 Å². The van der Waals surface area contributed by atoms with Gasteiger partial charge in [-0.1, -0.05) is 13.8 Å². The Labute approximate surface area is 161 Å².